The monoisotopic (exact) mass is 341 g/mol. The molecule has 0 radical (unpaired) electrons. The van der Waals surface area contributed by atoms with Crippen LogP contribution in [0.15, 0.2) is 28.7 Å². The number of benzene rings is 1. The molecule has 114 valence electrons. The van der Waals surface area contributed by atoms with E-state index in [1.165, 1.54) is 12.0 Å². The maximum atomic E-state index is 5.18. The van der Waals surface area contributed by atoms with Crippen LogP contribution in [0.1, 0.15) is 39.2 Å². The van der Waals surface area contributed by atoms with Crippen molar-refractivity contribution in [2.45, 2.75) is 45.6 Å². The Morgan fingerprint density at radius 1 is 1.30 bits per heavy atom. The molecule has 0 saturated heterocycles. The van der Waals surface area contributed by atoms with Gasteiger partial charge in [0.25, 0.3) is 0 Å². The molecule has 1 N–H and O–H groups in total. The Kier molecular flexibility index (Phi) is 7.78. The number of halogens is 1. The van der Waals surface area contributed by atoms with Gasteiger partial charge in [0.1, 0.15) is 0 Å². The van der Waals surface area contributed by atoms with E-state index >= 15 is 0 Å². The minimum absolute atomic E-state index is 0.177. The molecule has 1 atom stereocenters. The van der Waals surface area contributed by atoms with Crippen LogP contribution in [0.4, 0.5) is 0 Å². The largest absolute Gasteiger partial charge is 0.385 e. The van der Waals surface area contributed by atoms with Crippen molar-refractivity contribution in [1.82, 2.24) is 5.32 Å². The fourth-order valence-electron chi connectivity index (χ4n) is 2.24. The van der Waals surface area contributed by atoms with Crippen molar-refractivity contribution in [1.29, 1.82) is 0 Å². The molecule has 0 bridgehead atoms. The highest BCUT2D eigenvalue weighted by atomic mass is 79.9. The van der Waals surface area contributed by atoms with Crippen molar-refractivity contribution >= 4 is 15.9 Å². The third kappa shape index (κ3) is 8.03. The highest BCUT2D eigenvalue weighted by Gasteiger charge is 2.15. The second kappa shape index (κ2) is 8.81. The fourth-order valence-corrected chi connectivity index (χ4v) is 2.69. The average Bonchev–Trinajstić information content (AvgIpc) is 2.35. The van der Waals surface area contributed by atoms with Crippen LogP contribution in [0.2, 0.25) is 0 Å². The molecule has 3 heteroatoms. The van der Waals surface area contributed by atoms with Crippen LogP contribution in [-0.2, 0) is 11.2 Å². The number of ether oxygens (including phenoxy) is 1. The van der Waals surface area contributed by atoms with Gasteiger partial charge in [0.15, 0.2) is 0 Å². The summed E-state index contributed by atoms with van der Waals surface area (Å²) in [6.45, 7) is 8.57. The number of hydrogen-bond acceptors (Lipinski definition) is 2. The second-order valence-electron chi connectivity index (χ2n) is 6.47. The molecule has 20 heavy (non-hydrogen) atoms. The van der Waals surface area contributed by atoms with Crippen LogP contribution < -0.4 is 5.32 Å². The molecule has 0 fully saturated rings. The highest BCUT2D eigenvalue weighted by molar-refractivity contribution is 9.10. The van der Waals surface area contributed by atoms with E-state index in [0.717, 1.165) is 30.5 Å². The first-order valence-electron chi connectivity index (χ1n) is 7.39. The van der Waals surface area contributed by atoms with Gasteiger partial charge in [-0.05, 0) is 70.2 Å². The van der Waals surface area contributed by atoms with Gasteiger partial charge in [-0.2, -0.15) is 0 Å². The smallest absolute Gasteiger partial charge is 0.0462 e. The lowest BCUT2D eigenvalue weighted by atomic mass is 9.93. The predicted octanol–water partition coefficient (Wildman–Crippen LogP) is 4.42. The van der Waals surface area contributed by atoms with E-state index in [9.17, 15) is 0 Å². The lowest BCUT2D eigenvalue weighted by Gasteiger charge is -2.25. The van der Waals surface area contributed by atoms with Crippen LogP contribution in [0, 0.1) is 5.92 Å². The summed E-state index contributed by atoms with van der Waals surface area (Å²) < 4.78 is 6.34. The van der Waals surface area contributed by atoms with Gasteiger partial charge in [0.05, 0.1) is 0 Å². The minimum Gasteiger partial charge on any atom is -0.385 e. The Hall–Kier alpha value is -0.380. The summed E-state index contributed by atoms with van der Waals surface area (Å²) in [6, 6.07) is 8.63. The zero-order valence-corrected chi connectivity index (χ0v) is 14.8. The zero-order chi connectivity index (χ0) is 15.0. The van der Waals surface area contributed by atoms with E-state index < -0.39 is 0 Å². The maximum absolute atomic E-state index is 5.18. The number of nitrogens with one attached hydrogen (secondary N) is 1. The third-order valence-corrected chi connectivity index (χ3v) is 3.79. The third-order valence-electron chi connectivity index (χ3n) is 3.30. The molecule has 0 aliphatic carbocycles. The molecule has 1 aromatic rings. The summed E-state index contributed by atoms with van der Waals surface area (Å²) in [5.41, 5.74) is 1.58. The average molecular weight is 342 g/mol. The van der Waals surface area contributed by atoms with Gasteiger partial charge in [0, 0.05) is 23.7 Å². The van der Waals surface area contributed by atoms with Crippen molar-refractivity contribution in [2.24, 2.45) is 5.92 Å². The summed E-state index contributed by atoms with van der Waals surface area (Å²) in [4.78, 5) is 0. The van der Waals surface area contributed by atoms with Gasteiger partial charge >= 0.3 is 0 Å². The van der Waals surface area contributed by atoms with Crippen molar-refractivity contribution in [3.05, 3.63) is 34.3 Å². The van der Waals surface area contributed by atoms with Gasteiger partial charge in [-0.15, -0.1) is 0 Å². The van der Waals surface area contributed by atoms with E-state index in [1.807, 2.05) is 0 Å². The summed E-state index contributed by atoms with van der Waals surface area (Å²) in [5, 5.41) is 3.63. The standard InChI is InChI=1S/C17H28BrNO/c1-17(2,3)19-13-15(8-6-10-20-4)11-14-7-5-9-16(18)12-14/h5,7,9,12,15,19H,6,8,10-11,13H2,1-4H3. The molecule has 0 aromatic heterocycles. The van der Waals surface area contributed by atoms with Gasteiger partial charge in [-0.1, -0.05) is 28.1 Å². The fraction of sp³-hybridized carbons (Fsp3) is 0.647. The van der Waals surface area contributed by atoms with Crippen LogP contribution >= 0.6 is 15.9 Å². The quantitative estimate of drug-likeness (QED) is 0.706. The normalized spacial score (nSPS) is 13.4. The molecular formula is C17H28BrNO. The zero-order valence-electron chi connectivity index (χ0n) is 13.2. The molecule has 2 nitrogen and oxygen atoms in total. The Balaban J connectivity index is 2.56. The summed E-state index contributed by atoms with van der Waals surface area (Å²) >= 11 is 3.55. The molecule has 0 aliphatic heterocycles. The summed E-state index contributed by atoms with van der Waals surface area (Å²) in [5.74, 6) is 0.652. The molecular weight excluding hydrogens is 314 g/mol. The Morgan fingerprint density at radius 3 is 2.65 bits per heavy atom. The van der Waals surface area contributed by atoms with Crippen LogP contribution in [-0.4, -0.2) is 25.8 Å². The Bertz CT molecular complexity index is 387. The van der Waals surface area contributed by atoms with Crippen LogP contribution in [0.25, 0.3) is 0 Å². The predicted molar refractivity (Wildman–Crippen MR) is 90.2 cm³/mol. The number of methoxy groups -OCH3 is 1. The maximum Gasteiger partial charge on any atom is 0.0462 e. The highest BCUT2D eigenvalue weighted by Crippen LogP contribution is 2.18. The molecule has 0 saturated carbocycles. The van der Waals surface area contributed by atoms with Gasteiger partial charge in [-0.3, -0.25) is 0 Å². The molecule has 0 spiro atoms. The van der Waals surface area contributed by atoms with Crippen molar-refractivity contribution in [2.75, 3.05) is 20.3 Å². The van der Waals surface area contributed by atoms with E-state index in [1.54, 1.807) is 7.11 Å². The first-order valence-corrected chi connectivity index (χ1v) is 8.18. The van der Waals surface area contributed by atoms with E-state index in [-0.39, 0.29) is 5.54 Å². The van der Waals surface area contributed by atoms with Gasteiger partial charge in [-0.25, -0.2) is 0 Å². The van der Waals surface area contributed by atoms with E-state index in [2.05, 4.69) is 66.3 Å². The van der Waals surface area contributed by atoms with E-state index in [0.29, 0.717) is 5.92 Å². The Labute approximate surface area is 132 Å². The number of hydrogen-bond donors (Lipinski definition) is 1. The summed E-state index contributed by atoms with van der Waals surface area (Å²) in [7, 11) is 1.77. The van der Waals surface area contributed by atoms with Crippen molar-refractivity contribution in [3.63, 3.8) is 0 Å². The molecule has 0 aliphatic rings. The van der Waals surface area contributed by atoms with Crippen molar-refractivity contribution < 1.29 is 4.74 Å². The van der Waals surface area contributed by atoms with Crippen LogP contribution in [0.5, 0.6) is 0 Å². The van der Waals surface area contributed by atoms with Gasteiger partial charge in [0.2, 0.25) is 0 Å². The molecule has 0 heterocycles. The molecule has 1 unspecified atom stereocenters. The van der Waals surface area contributed by atoms with Crippen LogP contribution in [0.3, 0.4) is 0 Å². The molecule has 1 rings (SSSR count). The topological polar surface area (TPSA) is 21.3 Å². The lowest BCUT2D eigenvalue weighted by Crippen LogP contribution is -2.39. The van der Waals surface area contributed by atoms with E-state index in [4.69, 9.17) is 4.74 Å². The first kappa shape index (κ1) is 17.7. The Morgan fingerprint density at radius 2 is 2.05 bits per heavy atom. The van der Waals surface area contributed by atoms with Gasteiger partial charge < -0.3 is 10.1 Å². The SMILES string of the molecule is COCCCC(CNC(C)(C)C)Cc1cccc(Br)c1. The lowest BCUT2D eigenvalue weighted by molar-refractivity contribution is 0.185. The number of rotatable bonds is 8. The first-order chi connectivity index (χ1) is 9.40. The molecule has 1 aromatic carbocycles. The minimum atomic E-state index is 0.177. The molecule has 0 amide bonds. The second-order valence-corrected chi connectivity index (χ2v) is 7.38. The summed E-state index contributed by atoms with van der Waals surface area (Å²) in [6.07, 6.45) is 3.44. The van der Waals surface area contributed by atoms with Crippen molar-refractivity contribution in [3.8, 4) is 0 Å².